The summed E-state index contributed by atoms with van der Waals surface area (Å²) in [7, 11) is 0. The first-order valence-corrected chi connectivity index (χ1v) is 6.15. The number of amides is 1. The number of aromatic nitrogens is 2. The van der Waals surface area contributed by atoms with Crippen LogP contribution >= 0.6 is 0 Å². The monoisotopic (exact) mass is 238 g/mol. The second kappa shape index (κ2) is 5.70. The van der Waals surface area contributed by atoms with Gasteiger partial charge in [0.1, 0.15) is 5.69 Å². The second-order valence-corrected chi connectivity index (χ2v) is 4.36. The molecule has 0 spiro atoms. The van der Waals surface area contributed by atoms with Crippen molar-refractivity contribution >= 4 is 11.6 Å². The van der Waals surface area contributed by atoms with Crippen LogP contribution in [0.25, 0.3) is 0 Å². The van der Waals surface area contributed by atoms with Gasteiger partial charge in [0.05, 0.1) is 11.9 Å². The first-order chi connectivity index (χ1) is 8.02. The van der Waals surface area contributed by atoms with Crippen LogP contribution in [0.15, 0.2) is 6.20 Å². The highest BCUT2D eigenvalue weighted by molar-refractivity contribution is 5.97. The minimum atomic E-state index is -0.0290. The van der Waals surface area contributed by atoms with Crippen molar-refractivity contribution in [3.05, 3.63) is 11.9 Å². The average molecular weight is 238 g/mol. The van der Waals surface area contributed by atoms with Crippen LogP contribution in [0.3, 0.4) is 0 Å². The lowest BCUT2D eigenvalue weighted by Gasteiger charge is -2.26. The Morgan fingerprint density at radius 2 is 2.18 bits per heavy atom. The van der Waals surface area contributed by atoms with E-state index >= 15 is 0 Å². The predicted octanol–water partition coefficient (Wildman–Crippen LogP) is 1.75. The number of nitrogens with two attached hydrogens (primary N) is 1. The highest BCUT2D eigenvalue weighted by Gasteiger charge is 2.23. The third-order valence-corrected chi connectivity index (χ3v) is 2.72. The number of hydrogen-bond acceptors (Lipinski definition) is 3. The lowest BCUT2D eigenvalue weighted by atomic mass is 10.2. The maximum atomic E-state index is 12.4. The molecule has 1 aromatic heterocycles. The van der Waals surface area contributed by atoms with Crippen LogP contribution in [0.1, 0.15) is 44.6 Å². The first-order valence-electron chi connectivity index (χ1n) is 6.15. The smallest absolute Gasteiger partial charge is 0.274 e. The molecule has 1 heterocycles. The summed E-state index contributed by atoms with van der Waals surface area (Å²) in [5, 5.41) is 4.10. The molecule has 17 heavy (non-hydrogen) atoms. The van der Waals surface area contributed by atoms with E-state index in [0.29, 0.717) is 17.9 Å². The first kappa shape index (κ1) is 13.5. The van der Waals surface area contributed by atoms with E-state index in [0.717, 1.165) is 13.0 Å². The Morgan fingerprint density at radius 3 is 2.65 bits per heavy atom. The lowest BCUT2D eigenvalue weighted by molar-refractivity contribution is 0.0694. The molecule has 0 aromatic carbocycles. The van der Waals surface area contributed by atoms with Gasteiger partial charge in [0.2, 0.25) is 0 Å². The molecule has 0 atom stereocenters. The van der Waals surface area contributed by atoms with E-state index < -0.39 is 0 Å². The molecule has 0 aliphatic carbocycles. The number of hydrogen-bond donors (Lipinski definition) is 1. The van der Waals surface area contributed by atoms with Crippen molar-refractivity contribution in [3.8, 4) is 0 Å². The van der Waals surface area contributed by atoms with Crippen LogP contribution in [0.4, 0.5) is 5.69 Å². The maximum Gasteiger partial charge on any atom is 0.274 e. The summed E-state index contributed by atoms with van der Waals surface area (Å²) in [5.41, 5.74) is 6.79. The third-order valence-electron chi connectivity index (χ3n) is 2.72. The summed E-state index contributed by atoms with van der Waals surface area (Å²) in [5.74, 6) is -0.0290. The van der Waals surface area contributed by atoms with Gasteiger partial charge in [-0.05, 0) is 27.2 Å². The minimum absolute atomic E-state index is 0.0290. The predicted molar refractivity (Wildman–Crippen MR) is 68.8 cm³/mol. The van der Waals surface area contributed by atoms with Gasteiger partial charge in [0, 0.05) is 19.1 Å². The molecule has 0 unspecified atom stereocenters. The standard InChI is InChI=1S/C12H22N4O/c1-5-7-15(9(3)4)12(17)11-10(13)8-14-16(11)6-2/h8-9H,5-7,13H2,1-4H3. The van der Waals surface area contributed by atoms with Gasteiger partial charge in [0.15, 0.2) is 0 Å². The molecule has 0 aliphatic heterocycles. The lowest BCUT2D eigenvalue weighted by Crippen LogP contribution is -2.39. The number of anilines is 1. The van der Waals surface area contributed by atoms with Crippen molar-refractivity contribution in [2.75, 3.05) is 12.3 Å². The Kier molecular flexibility index (Phi) is 4.54. The van der Waals surface area contributed by atoms with E-state index in [4.69, 9.17) is 5.73 Å². The molecule has 0 saturated carbocycles. The highest BCUT2D eigenvalue weighted by atomic mass is 16.2. The number of carbonyl (C=O) groups is 1. The Bertz CT molecular complexity index is 384. The zero-order valence-corrected chi connectivity index (χ0v) is 11.1. The molecule has 0 saturated heterocycles. The molecular formula is C12H22N4O. The Hall–Kier alpha value is -1.52. The van der Waals surface area contributed by atoms with Crippen LogP contribution in [0.5, 0.6) is 0 Å². The molecule has 5 heteroatoms. The molecule has 0 fully saturated rings. The number of carbonyl (C=O) groups excluding carboxylic acids is 1. The fourth-order valence-electron chi connectivity index (χ4n) is 1.84. The van der Waals surface area contributed by atoms with E-state index in [1.54, 1.807) is 10.9 Å². The third kappa shape index (κ3) is 2.78. The fourth-order valence-corrected chi connectivity index (χ4v) is 1.84. The van der Waals surface area contributed by atoms with Crippen molar-refractivity contribution in [2.24, 2.45) is 0 Å². The zero-order valence-electron chi connectivity index (χ0n) is 11.1. The average Bonchev–Trinajstić information content (AvgIpc) is 2.66. The summed E-state index contributed by atoms with van der Waals surface area (Å²) in [6.45, 7) is 9.42. The van der Waals surface area contributed by atoms with Gasteiger partial charge < -0.3 is 10.6 Å². The quantitative estimate of drug-likeness (QED) is 0.850. The molecule has 1 aromatic rings. The van der Waals surface area contributed by atoms with Crippen molar-refractivity contribution in [3.63, 3.8) is 0 Å². The van der Waals surface area contributed by atoms with Gasteiger partial charge in [-0.25, -0.2) is 0 Å². The Morgan fingerprint density at radius 1 is 1.53 bits per heavy atom. The molecule has 0 bridgehead atoms. The van der Waals surface area contributed by atoms with Gasteiger partial charge in [-0.3, -0.25) is 9.48 Å². The van der Waals surface area contributed by atoms with E-state index in [1.807, 2.05) is 25.7 Å². The van der Waals surface area contributed by atoms with E-state index in [1.165, 1.54) is 0 Å². The summed E-state index contributed by atoms with van der Waals surface area (Å²) in [6.07, 6.45) is 2.48. The van der Waals surface area contributed by atoms with Gasteiger partial charge >= 0.3 is 0 Å². The van der Waals surface area contributed by atoms with Crippen molar-refractivity contribution in [1.29, 1.82) is 0 Å². The number of nitrogen functional groups attached to an aromatic ring is 1. The molecule has 1 amide bonds. The summed E-state index contributed by atoms with van der Waals surface area (Å²) in [4.78, 5) is 14.3. The second-order valence-electron chi connectivity index (χ2n) is 4.36. The van der Waals surface area contributed by atoms with E-state index in [2.05, 4.69) is 12.0 Å². The molecule has 96 valence electrons. The van der Waals surface area contributed by atoms with Crippen LogP contribution in [-0.2, 0) is 6.54 Å². The number of aryl methyl sites for hydroxylation is 1. The Labute approximate surface area is 103 Å². The Balaban J connectivity index is 3.04. The van der Waals surface area contributed by atoms with E-state index in [9.17, 15) is 4.79 Å². The van der Waals surface area contributed by atoms with Gasteiger partial charge in [-0.2, -0.15) is 5.10 Å². The number of nitrogens with zero attached hydrogens (tertiary/aromatic N) is 3. The van der Waals surface area contributed by atoms with Crippen LogP contribution < -0.4 is 5.73 Å². The molecular weight excluding hydrogens is 216 g/mol. The van der Waals surface area contributed by atoms with E-state index in [-0.39, 0.29) is 11.9 Å². The van der Waals surface area contributed by atoms with Crippen LogP contribution in [-0.4, -0.2) is 33.2 Å². The maximum absolute atomic E-state index is 12.4. The van der Waals surface area contributed by atoms with Crippen LogP contribution in [0.2, 0.25) is 0 Å². The van der Waals surface area contributed by atoms with Crippen molar-refractivity contribution in [1.82, 2.24) is 14.7 Å². The summed E-state index contributed by atoms with van der Waals surface area (Å²) in [6, 6.07) is 0.169. The molecule has 0 radical (unpaired) electrons. The van der Waals surface area contributed by atoms with Gasteiger partial charge in [-0.1, -0.05) is 6.92 Å². The molecule has 2 N–H and O–H groups in total. The normalized spacial score (nSPS) is 10.9. The number of rotatable bonds is 5. The van der Waals surface area contributed by atoms with Crippen molar-refractivity contribution in [2.45, 2.75) is 46.7 Å². The van der Waals surface area contributed by atoms with Gasteiger partial charge in [0.25, 0.3) is 5.91 Å². The summed E-state index contributed by atoms with van der Waals surface area (Å²) < 4.78 is 1.66. The van der Waals surface area contributed by atoms with Crippen LogP contribution in [0, 0.1) is 0 Å². The molecule has 0 aliphatic rings. The highest BCUT2D eigenvalue weighted by Crippen LogP contribution is 2.15. The summed E-state index contributed by atoms with van der Waals surface area (Å²) >= 11 is 0. The van der Waals surface area contributed by atoms with Gasteiger partial charge in [-0.15, -0.1) is 0 Å². The fraction of sp³-hybridized carbons (Fsp3) is 0.667. The van der Waals surface area contributed by atoms with Crippen molar-refractivity contribution < 1.29 is 4.79 Å². The largest absolute Gasteiger partial charge is 0.396 e. The molecule has 1 rings (SSSR count). The topological polar surface area (TPSA) is 64.2 Å². The minimum Gasteiger partial charge on any atom is -0.396 e. The SMILES string of the molecule is CCCN(C(=O)c1c(N)cnn1CC)C(C)C. The molecule has 5 nitrogen and oxygen atoms in total. The zero-order chi connectivity index (χ0) is 13.0.